The van der Waals surface area contributed by atoms with Gasteiger partial charge in [-0.15, -0.1) is 0 Å². The zero-order valence-electron chi connectivity index (χ0n) is 11.5. The minimum absolute atomic E-state index is 0.0270. The number of aromatic nitrogens is 2. The van der Waals surface area contributed by atoms with Crippen LogP contribution in [0.4, 0.5) is 5.82 Å². The quantitative estimate of drug-likeness (QED) is 0.838. The van der Waals surface area contributed by atoms with Gasteiger partial charge in [-0.1, -0.05) is 0 Å². The Balaban J connectivity index is 2.60. The first-order chi connectivity index (χ1) is 7.69. The lowest BCUT2D eigenvalue weighted by molar-refractivity contribution is -0.122. The van der Waals surface area contributed by atoms with Crippen LogP contribution in [0.5, 0.6) is 0 Å². The smallest absolute Gasteiger partial charge is 0.242 e. The molecule has 1 unspecified atom stereocenters. The highest BCUT2D eigenvalue weighted by atomic mass is 16.2. The van der Waals surface area contributed by atoms with Crippen molar-refractivity contribution in [1.82, 2.24) is 15.1 Å². The third-order valence-corrected chi connectivity index (χ3v) is 2.37. The van der Waals surface area contributed by atoms with E-state index in [0.717, 1.165) is 11.5 Å². The van der Waals surface area contributed by atoms with Crippen molar-refractivity contribution in [1.29, 1.82) is 0 Å². The number of carbonyl (C=O) groups excluding carboxylic acids is 1. The van der Waals surface area contributed by atoms with E-state index in [-0.39, 0.29) is 17.5 Å². The zero-order valence-corrected chi connectivity index (χ0v) is 11.5. The summed E-state index contributed by atoms with van der Waals surface area (Å²) in [6.45, 7) is 9.68. The lowest BCUT2D eigenvalue weighted by Gasteiger charge is -2.23. The number of rotatable bonds is 3. The van der Waals surface area contributed by atoms with Crippen LogP contribution in [-0.4, -0.2) is 27.3 Å². The van der Waals surface area contributed by atoms with E-state index in [0.29, 0.717) is 0 Å². The topological polar surface area (TPSA) is 59.0 Å². The average Bonchev–Trinajstić information content (AvgIpc) is 2.42. The average molecular weight is 238 g/mol. The standard InChI is InChI=1S/C12H22N4O/c1-8-7-10(15-16(8)6)13-9(2)11(17)14-12(3,4)5/h7,9H,1-6H3,(H,13,15)(H,14,17). The fourth-order valence-electron chi connectivity index (χ4n) is 1.40. The SMILES string of the molecule is Cc1cc(NC(C)C(=O)NC(C)(C)C)nn1C. The van der Waals surface area contributed by atoms with E-state index in [2.05, 4.69) is 15.7 Å². The summed E-state index contributed by atoms with van der Waals surface area (Å²) >= 11 is 0. The molecule has 1 atom stereocenters. The first-order valence-corrected chi connectivity index (χ1v) is 5.78. The molecule has 17 heavy (non-hydrogen) atoms. The number of carbonyl (C=O) groups is 1. The Labute approximate surface area is 103 Å². The Kier molecular flexibility index (Phi) is 3.80. The summed E-state index contributed by atoms with van der Waals surface area (Å²) in [4.78, 5) is 11.8. The van der Waals surface area contributed by atoms with Crippen LogP contribution >= 0.6 is 0 Å². The Morgan fingerprint density at radius 1 is 1.47 bits per heavy atom. The van der Waals surface area contributed by atoms with E-state index in [4.69, 9.17) is 0 Å². The van der Waals surface area contributed by atoms with Gasteiger partial charge in [-0.05, 0) is 34.6 Å². The van der Waals surface area contributed by atoms with Crippen LogP contribution in [0, 0.1) is 6.92 Å². The first-order valence-electron chi connectivity index (χ1n) is 5.78. The van der Waals surface area contributed by atoms with E-state index in [1.165, 1.54) is 0 Å². The molecule has 0 bridgehead atoms. The number of hydrogen-bond donors (Lipinski definition) is 2. The van der Waals surface area contributed by atoms with E-state index in [1.807, 2.05) is 47.7 Å². The van der Waals surface area contributed by atoms with Crippen molar-refractivity contribution in [2.45, 2.75) is 46.2 Å². The highest BCUT2D eigenvalue weighted by Gasteiger charge is 2.19. The van der Waals surface area contributed by atoms with Gasteiger partial charge >= 0.3 is 0 Å². The summed E-state index contributed by atoms with van der Waals surface area (Å²) in [6.07, 6.45) is 0. The molecule has 2 N–H and O–H groups in total. The van der Waals surface area contributed by atoms with Crippen molar-refractivity contribution in [2.24, 2.45) is 7.05 Å². The minimum atomic E-state index is -0.302. The highest BCUT2D eigenvalue weighted by Crippen LogP contribution is 2.09. The van der Waals surface area contributed by atoms with Gasteiger partial charge in [-0.3, -0.25) is 9.48 Å². The Morgan fingerprint density at radius 3 is 2.47 bits per heavy atom. The molecule has 0 spiro atoms. The predicted octanol–water partition coefficient (Wildman–Crippen LogP) is 1.44. The molecule has 0 saturated heterocycles. The van der Waals surface area contributed by atoms with Crippen molar-refractivity contribution in [3.05, 3.63) is 11.8 Å². The molecule has 5 nitrogen and oxygen atoms in total. The summed E-state index contributed by atoms with van der Waals surface area (Å²) in [5, 5.41) is 10.3. The molecule has 0 saturated carbocycles. The Morgan fingerprint density at radius 2 is 2.06 bits per heavy atom. The molecular weight excluding hydrogens is 216 g/mol. The van der Waals surface area contributed by atoms with Gasteiger partial charge in [0.05, 0.1) is 0 Å². The largest absolute Gasteiger partial charge is 0.357 e. The maximum atomic E-state index is 11.8. The van der Waals surface area contributed by atoms with Gasteiger partial charge in [-0.2, -0.15) is 5.10 Å². The summed E-state index contributed by atoms with van der Waals surface area (Å²) in [6, 6.07) is 1.62. The van der Waals surface area contributed by atoms with Gasteiger partial charge in [-0.25, -0.2) is 0 Å². The van der Waals surface area contributed by atoms with Crippen LogP contribution in [0.15, 0.2) is 6.07 Å². The molecule has 0 fully saturated rings. The number of amides is 1. The van der Waals surface area contributed by atoms with Gasteiger partial charge in [0.2, 0.25) is 5.91 Å². The van der Waals surface area contributed by atoms with E-state index in [1.54, 1.807) is 4.68 Å². The molecule has 0 aliphatic carbocycles. The molecule has 5 heteroatoms. The number of hydrogen-bond acceptors (Lipinski definition) is 3. The maximum Gasteiger partial charge on any atom is 0.242 e. The van der Waals surface area contributed by atoms with Gasteiger partial charge in [0.1, 0.15) is 11.9 Å². The monoisotopic (exact) mass is 238 g/mol. The molecule has 1 amide bonds. The normalized spacial score (nSPS) is 13.3. The molecular formula is C12H22N4O. The number of nitrogens with zero attached hydrogens (tertiary/aromatic N) is 2. The molecule has 1 rings (SSSR count). The summed E-state index contributed by atoms with van der Waals surface area (Å²) in [5.74, 6) is 0.697. The van der Waals surface area contributed by atoms with Crippen LogP contribution < -0.4 is 10.6 Å². The van der Waals surface area contributed by atoms with Gasteiger partial charge in [0.25, 0.3) is 0 Å². The molecule has 0 aliphatic rings. The third kappa shape index (κ3) is 4.09. The fraction of sp³-hybridized carbons (Fsp3) is 0.667. The Hall–Kier alpha value is -1.52. The van der Waals surface area contributed by atoms with Crippen LogP contribution in [0.25, 0.3) is 0 Å². The van der Waals surface area contributed by atoms with Crippen molar-refractivity contribution in [2.75, 3.05) is 5.32 Å². The van der Waals surface area contributed by atoms with Crippen LogP contribution in [-0.2, 0) is 11.8 Å². The second-order valence-corrected chi connectivity index (χ2v) is 5.40. The summed E-state index contributed by atoms with van der Waals surface area (Å²) in [5.41, 5.74) is 0.837. The molecule has 0 aromatic carbocycles. The third-order valence-electron chi connectivity index (χ3n) is 2.37. The number of anilines is 1. The molecule has 1 aromatic rings. The lowest BCUT2D eigenvalue weighted by atomic mass is 10.1. The Bertz CT molecular complexity index is 384. The second-order valence-electron chi connectivity index (χ2n) is 5.40. The van der Waals surface area contributed by atoms with E-state index >= 15 is 0 Å². The van der Waals surface area contributed by atoms with Crippen molar-refractivity contribution < 1.29 is 4.79 Å². The highest BCUT2D eigenvalue weighted by molar-refractivity contribution is 5.84. The van der Waals surface area contributed by atoms with Crippen molar-refractivity contribution in [3.8, 4) is 0 Å². The number of nitrogens with one attached hydrogen (secondary N) is 2. The van der Waals surface area contributed by atoms with Crippen LogP contribution in [0.2, 0.25) is 0 Å². The van der Waals surface area contributed by atoms with E-state index < -0.39 is 0 Å². The molecule has 1 heterocycles. The van der Waals surface area contributed by atoms with Crippen molar-refractivity contribution >= 4 is 11.7 Å². The molecule has 0 aliphatic heterocycles. The van der Waals surface area contributed by atoms with E-state index in [9.17, 15) is 4.79 Å². The predicted molar refractivity (Wildman–Crippen MR) is 68.9 cm³/mol. The molecule has 0 radical (unpaired) electrons. The lowest BCUT2D eigenvalue weighted by Crippen LogP contribution is -2.47. The summed E-state index contributed by atoms with van der Waals surface area (Å²) < 4.78 is 1.77. The second kappa shape index (κ2) is 4.77. The zero-order chi connectivity index (χ0) is 13.2. The van der Waals surface area contributed by atoms with Crippen molar-refractivity contribution in [3.63, 3.8) is 0 Å². The fourth-order valence-corrected chi connectivity index (χ4v) is 1.40. The maximum absolute atomic E-state index is 11.8. The first kappa shape index (κ1) is 13.5. The molecule has 1 aromatic heterocycles. The van der Waals surface area contributed by atoms with Gasteiger partial charge in [0.15, 0.2) is 0 Å². The summed E-state index contributed by atoms with van der Waals surface area (Å²) in [7, 11) is 1.88. The minimum Gasteiger partial charge on any atom is -0.357 e. The molecule has 96 valence electrons. The van der Waals surface area contributed by atoms with Crippen LogP contribution in [0.3, 0.4) is 0 Å². The van der Waals surface area contributed by atoms with Gasteiger partial charge < -0.3 is 10.6 Å². The number of aryl methyl sites for hydroxylation is 2. The van der Waals surface area contributed by atoms with Crippen LogP contribution in [0.1, 0.15) is 33.4 Å². The van der Waals surface area contributed by atoms with Gasteiger partial charge in [0, 0.05) is 24.3 Å².